The molecule has 0 bridgehead atoms. The van der Waals surface area contributed by atoms with Crippen LogP contribution in [0.5, 0.6) is 5.88 Å². The van der Waals surface area contributed by atoms with Crippen LogP contribution in [0.25, 0.3) is 0 Å². The van der Waals surface area contributed by atoms with Gasteiger partial charge in [0.15, 0.2) is 0 Å². The number of hydrogen-bond donors (Lipinski definition) is 1. The average Bonchev–Trinajstić information content (AvgIpc) is 2.63. The third-order valence-electron chi connectivity index (χ3n) is 4.55. The van der Waals surface area contributed by atoms with Gasteiger partial charge in [-0.05, 0) is 43.9 Å². The maximum absolute atomic E-state index is 13.7. The zero-order valence-corrected chi connectivity index (χ0v) is 14.6. The van der Waals surface area contributed by atoms with E-state index in [1.54, 1.807) is 0 Å². The first-order valence-corrected chi connectivity index (χ1v) is 8.69. The minimum Gasteiger partial charge on any atom is -0.474 e. The molecular weight excluding hydrogens is 383 g/mol. The molecule has 1 aliphatic rings. The lowest BCUT2D eigenvalue weighted by molar-refractivity contribution is -0.137. The molecule has 3 rings (SSSR count). The summed E-state index contributed by atoms with van der Waals surface area (Å²) in [5.74, 6) is -2.58. The van der Waals surface area contributed by atoms with Crippen molar-refractivity contribution in [2.45, 2.75) is 44.0 Å². The highest BCUT2D eigenvalue weighted by Crippen LogP contribution is 2.30. The van der Waals surface area contributed by atoms with Crippen LogP contribution in [0.15, 0.2) is 36.5 Å². The molecule has 0 spiro atoms. The summed E-state index contributed by atoms with van der Waals surface area (Å²) >= 11 is 0. The molecule has 2 aromatic rings. The minimum atomic E-state index is -4.46. The minimum absolute atomic E-state index is 0.0916. The van der Waals surface area contributed by atoms with Crippen molar-refractivity contribution in [3.05, 3.63) is 59.3 Å². The van der Waals surface area contributed by atoms with E-state index in [4.69, 9.17) is 4.74 Å². The van der Waals surface area contributed by atoms with Crippen LogP contribution in [0.2, 0.25) is 0 Å². The fourth-order valence-electron chi connectivity index (χ4n) is 3.09. The third kappa shape index (κ3) is 4.76. The first kappa shape index (κ1) is 20.0. The van der Waals surface area contributed by atoms with Crippen molar-refractivity contribution in [3.63, 3.8) is 0 Å². The number of nitrogens with one attached hydrogen (secondary N) is 1. The third-order valence-corrected chi connectivity index (χ3v) is 4.55. The number of rotatable bonds is 4. The highest BCUT2D eigenvalue weighted by molar-refractivity contribution is 5.94. The first-order chi connectivity index (χ1) is 13.2. The molecular formula is C19H17F5N2O2. The topological polar surface area (TPSA) is 51.2 Å². The molecule has 1 aliphatic carbocycles. The molecule has 0 unspecified atom stereocenters. The van der Waals surface area contributed by atoms with Gasteiger partial charge in [-0.25, -0.2) is 13.8 Å². The highest BCUT2D eigenvalue weighted by atomic mass is 19.4. The van der Waals surface area contributed by atoms with Gasteiger partial charge in [0.25, 0.3) is 5.91 Å². The molecule has 1 fully saturated rings. The van der Waals surface area contributed by atoms with Crippen LogP contribution in [0.1, 0.15) is 41.6 Å². The fourth-order valence-corrected chi connectivity index (χ4v) is 3.09. The number of alkyl halides is 3. The molecule has 1 amide bonds. The van der Waals surface area contributed by atoms with E-state index in [0.717, 1.165) is 24.3 Å². The van der Waals surface area contributed by atoms with E-state index in [-0.39, 0.29) is 18.0 Å². The van der Waals surface area contributed by atoms with Gasteiger partial charge in [0.2, 0.25) is 5.88 Å². The lowest BCUT2D eigenvalue weighted by Crippen LogP contribution is -2.40. The largest absolute Gasteiger partial charge is 0.474 e. The van der Waals surface area contributed by atoms with Gasteiger partial charge in [-0.15, -0.1) is 0 Å². The summed E-state index contributed by atoms with van der Waals surface area (Å²) in [7, 11) is 0. The van der Waals surface area contributed by atoms with E-state index in [1.165, 1.54) is 6.07 Å². The summed E-state index contributed by atoms with van der Waals surface area (Å²) < 4.78 is 70.5. The number of ether oxygens (including phenoxy) is 1. The summed E-state index contributed by atoms with van der Waals surface area (Å²) in [4.78, 5) is 15.8. The van der Waals surface area contributed by atoms with Gasteiger partial charge in [0.1, 0.15) is 23.3 Å². The van der Waals surface area contributed by atoms with Gasteiger partial charge >= 0.3 is 6.18 Å². The number of halogens is 5. The summed E-state index contributed by atoms with van der Waals surface area (Å²) in [6.45, 7) is 0. The van der Waals surface area contributed by atoms with Gasteiger partial charge in [-0.3, -0.25) is 4.79 Å². The Morgan fingerprint density at radius 3 is 2.21 bits per heavy atom. The standard InChI is InChI=1S/C19H17F5N2O2/c20-14-2-1-3-15(21)17(14)18(27)26-12-5-7-13(8-6-12)28-16-9-4-11(10-25-16)19(22,23)24/h1-4,9-10,12-13H,5-8H2,(H,26,27). The zero-order valence-electron chi connectivity index (χ0n) is 14.6. The van der Waals surface area contributed by atoms with Crippen molar-refractivity contribution >= 4 is 5.91 Å². The molecule has 0 aliphatic heterocycles. The number of pyridine rings is 1. The Morgan fingerprint density at radius 2 is 1.68 bits per heavy atom. The molecule has 0 atom stereocenters. The van der Waals surface area contributed by atoms with E-state index < -0.39 is 34.8 Å². The Kier molecular flexibility index (Phi) is 5.81. The summed E-state index contributed by atoms with van der Waals surface area (Å²) in [6.07, 6.45) is -1.95. The predicted molar refractivity (Wildman–Crippen MR) is 89.7 cm³/mol. The number of nitrogens with zero attached hydrogens (tertiary/aromatic N) is 1. The number of benzene rings is 1. The molecule has 9 heteroatoms. The van der Waals surface area contributed by atoms with E-state index in [2.05, 4.69) is 10.3 Å². The summed E-state index contributed by atoms with van der Waals surface area (Å²) in [5, 5.41) is 2.61. The molecule has 28 heavy (non-hydrogen) atoms. The fraction of sp³-hybridized carbons (Fsp3) is 0.368. The van der Waals surface area contributed by atoms with Gasteiger partial charge in [-0.1, -0.05) is 6.07 Å². The molecule has 1 N–H and O–H groups in total. The molecule has 0 saturated heterocycles. The first-order valence-electron chi connectivity index (χ1n) is 8.69. The molecule has 150 valence electrons. The van der Waals surface area contributed by atoms with E-state index in [9.17, 15) is 26.7 Å². The highest BCUT2D eigenvalue weighted by Gasteiger charge is 2.31. The van der Waals surface area contributed by atoms with Crippen molar-refractivity contribution in [1.29, 1.82) is 0 Å². The number of carbonyl (C=O) groups excluding carboxylic acids is 1. The zero-order chi connectivity index (χ0) is 20.3. The number of hydrogen-bond acceptors (Lipinski definition) is 3. The SMILES string of the molecule is O=C(NC1CCC(Oc2ccc(C(F)(F)F)cn2)CC1)c1c(F)cccc1F. The average molecular weight is 400 g/mol. The number of amides is 1. The lowest BCUT2D eigenvalue weighted by Gasteiger charge is -2.29. The Balaban J connectivity index is 1.51. The maximum Gasteiger partial charge on any atom is 0.417 e. The van der Waals surface area contributed by atoms with Crippen LogP contribution in [0.3, 0.4) is 0 Å². The monoisotopic (exact) mass is 400 g/mol. The second-order valence-corrected chi connectivity index (χ2v) is 6.54. The normalized spacial score (nSPS) is 19.9. The molecule has 1 heterocycles. The van der Waals surface area contributed by atoms with Gasteiger partial charge in [-0.2, -0.15) is 13.2 Å². The van der Waals surface area contributed by atoms with Crippen LogP contribution in [-0.4, -0.2) is 23.0 Å². The van der Waals surface area contributed by atoms with E-state index in [1.807, 2.05) is 0 Å². The molecule has 1 aromatic carbocycles. The molecule has 0 radical (unpaired) electrons. The Morgan fingerprint density at radius 1 is 1.04 bits per heavy atom. The van der Waals surface area contributed by atoms with Crippen molar-refractivity contribution in [2.75, 3.05) is 0 Å². The van der Waals surface area contributed by atoms with Crippen molar-refractivity contribution in [3.8, 4) is 5.88 Å². The molecule has 1 saturated carbocycles. The van der Waals surface area contributed by atoms with Crippen molar-refractivity contribution in [2.24, 2.45) is 0 Å². The van der Waals surface area contributed by atoms with Gasteiger partial charge in [0.05, 0.1) is 5.56 Å². The van der Waals surface area contributed by atoms with Gasteiger partial charge < -0.3 is 10.1 Å². The summed E-state index contributed by atoms with van der Waals surface area (Å²) in [5.41, 5.74) is -1.47. The van der Waals surface area contributed by atoms with Crippen molar-refractivity contribution < 1.29 is 31.5 Å². The molecule has 1 aromatic heterocycles. The Labute approximate surface area is 157 Å². The lowest BCUT2D eigenvalue weighted by atomic mass is 9.92. The predicted octanol–water partition coefficient (Wildman–Crippen LogP) is 4.50. The maximum atomic E-state index is 13.7. The van der Waals surface area contributed by atoms with Crippen molar-refractivity contribution in [1.82, 2.24) is 10.3 Å². The second kappa shape index (κ2) is 8.12. The van der Waals surface area contributed by atoms with Crippen LogP contribution >= 0.6 is 0 Å². The Hall–Kier alpha value is -2.71. The van der Waals surface area contributed by atoms with Crippen LogP contribution in [0.4, 0.5) is 22.0 Å². The Bertz CT molecular complexity index is 811. The second-order valence-electron chi connectivity index (χ2n) is 6.54. The number of aromatic nitrogens is 1. The molecule has 4 nitrogen and oxygen atoms in total. The quantitative estimate of drug-likeness (QED) is 0.769. The smallest absolute Gasteiger partial charge is 0.417 e. The van der Waals surface area contributed by atoms with Crippen LogP contribution in [0, 0.1) is 11.6 Å². The summed E-state index contributed by atoms with van der Waals surface area (Å²) in [6, 6.07) is 5.00. The van der Waals surface area contributed by atoms with E-state index >= 15 is 0 Å². The van der Waals surface area contributed by atoms with Crippen LogP contribution in [-0.2, 0) is 6.18 Å². The van der Waals surface area contributed by atoms with Crippen LogP contribution < -0.4 is 10.1 Å². The number of carbonyl (C=O) groups is 1. The van der Waals surface area contributed by atoms with E-state index in [0.29, 0.717) is 31.9 Å². The van der Waals surface area contributed by atoms with Gasteiger partial charge in [0, 0.05) is 18.3 Å².